The summed E-state index contributed by atoms with van der Waals surface area (Å²) >= 11 is 6.17. The van der Waals surface area contributed by atoms with Crippen molar-refractivity contribution in [3.63, 3.8) is 0 Å². The molecule has 0 spiro atoms. The Morgan fingerprint density at radius 3 is 2.92 bits per heavy atom. The van der Waals surface area contributed by atoms with Gasteiger partial charge >= 0.3 is 0 Å². The minimum Gasteiger partial charge on any atom is -0.286 e. The van der Waals surface area contributed by atoms with Gasteiger partial charge in [0.25, 0.3) is 0 Å². The molecule has 0 aromatic carbocycles. The highest BCUT2D eigenvalue weighted by Gasteiger charge is 2.14. The smallest absolute Gasteiger partial charge is 0.223 e. The van der Waals surface area contributed by atoms with Gasteiger partial charge in [-0.2, -0.15) is 0 Å². The van der Waals surface area contributed by atoms with Crippen LogP contribution in [0.5, 0.6) is 0 Å². The summed E-state index contributed by atoms with van der Waals surface area (Å²) in [6.07, 6.45) is 0. The van der Waals surface area contributed by atoms with Crippen molar-refractivity contribution in [2.45, 2.75) is 0 Å². The highest BCUT2D eigenvalue weighted by molar-refractivity contribution is 9.10. The molecular weight excluding hydrogens is 270 g/mol. The maximum absolute atomic E-state index is 11.7. The molecule has 0 saturated carbocycles. The van der Waals surface area contributed by atoms with Gasteiger partial charge < -0.3 is 0 Å². The summed E-state index contributed by atoms with van der Waals surface area (Å²) in [5.41, 5.74) is 2.18. The zero-order chi connectivity index (χ0) is 9.26. The average Bonchev–Trinajstić information content (AvgIpc) is 2.72. The van der Waals surface area contributed by atoms with E-state index in [0.717, 1.165) is 4.47 Å². The van der Waals surface area contributed by atoms with Crippen molar-refractivity contribution in [3.8, 4) is 0 Å². The molecule has 0 N–H and O–H groups in total. The Bertz CT molecular complexity index is 421. The van der Waals surface area contributed by atoms with Crippen LogP contribution in [0, 0.1) is 0 Å². The minimum atomic E-state index is -0.0110. The van der Waals surface area contributed by atoms with E-state index in [9.17, 15) is 4.79 Å². The van der Waals surface area contributed by atoms with Crippen LogP contribution in [0.2, 0.25) is 0 Å². The predicted octanol–water partition coefficient (Wildman–Crippen LogP) is 3.20. The number of ketones is 1. The largest absolute Gasteiger partial charge is 0.286 e. The lowest BCUT2D eigenvalue weighted by atomic mass is 10.3. The van der Waals surface area contributed by atoms with Crippen molar-refractivity contribution < 1.29 is 4.79 Å². The number of hydrogen-bond acceptors (Lipinski definition) is 4. The van der Waals surface area contributed by atoms with E-state index in [4.69, 9.17) is 0 Å². The Labute approximate surface area is 91.4 Å². The number of halogens is 1. The van der Waals surface area contributed by atoms with Gasteiger partial charge in [-0.15, -0.1) is 22.7 Å². The van der Waals surface area contributed by atoms with Crippen LogP contribution in [-0.4, -0.2) is 10.8 Å². The van der Waals surface area contributed by atoms with Gasteiger partial charge in [-0.05, 0) is 27.4 Å². The van der Waals surface area contributed by atoms with E-state index in [-0.39, 0.29) is 5.78 Å². The molecule has 5 heteroatoms. The van der Waals surface area contributed by atoms with E-state index in [1.165, 1.54) is 22.7 Å². The SMILES string of the molecule is O=C(c1cscn1)c1sccc1Br. The second kappa shape index (κ2) is 3.69. The second-order valence-electron chi connectivity index (χ2n) is 2.30. The summed E-state index contributed by atoms with van der Waals surface area (Å²) in [4.78, 5) is 16.4. The normalized spacial score (nSPS) is 10.2. The Balaban J connectivity index is 2.39. The first-order valence-electron chi connectivity index (χ1n) is 3.45. The monoisotopic (exact) mass is 273 g/mol. The Kier molecular flexibility index (Phi) is 2.57. The molecule has 0 bridgehead atoms. The van der Waals surface area contributed by atoms with Crippen molar-refractivity contribution >= 4 is 44.4 Å². The number of thiophene rings is 1. The van der Waals surface area contributed by atoms with Crippen LogP contribution < -0.4 is 0 Å². The Morgan fingerprint density at radius 1 is 1.54 bits per heavy atom. The van der Waals surface area contributed by atoms with Gasteiger partial charge in [-0.3, -0.25) is 4.79 Å². The second-order valence-corrected chi connectivity index (χ2v) is 4.79. The highest BCUT2D eigenvalue weighted by atomic mass is 79.9. The molecule has 2 aromatic heterocycles. The molecule has 0 atom stereocenters. The number of rotatable bonds is 2. The predicted molar refractivity (Wildman–Crippen MR) is 57.6 cm³/mol. The third-order valence-corrected chi connectivity index (χ3v) is 3.91. The number of hydrogen-bond donors (Lipinski definition) is 0. The van der Waals surface area contributed by atoms with Crippen molar-refractivity contribution in [3.05, 3.63) is 37.4 Å². The van der Waals surface area contributed by atoms with Crippen LogP contribution in [0.1, 0.15) is 15.4 Å². The molecule has 2 nitrogen and oxygen atoms in total. The van der Waals surface area contributed by atoms with Gasteiger partial charge in [0, 0.05) is 9.85 Å². The third kappa shape index (κ3) is 1.72. The summed E-state index contributed by atoms with van der Waals surface area (Å²) in [6, 6.07) is 1.87. The summed E-state index contributed by atoms with van der Waals surface area (Å²) in [5.74, 6) is -0.0110. The molecule has 0 aliphatic rings. The first-order chi connectivity index (χ1) is 6.29. The van der Waals surface area contributed by atoms with E-state index < -0.39 is 0 Å². The zero-order valence-electron chi connectivity index (χ0n) is 6.36. The minimum absolute atomic E-state index is 0.0110. The van der Waals surface area contributed by atoms with Gasteiger partial charge in [0.2, 0.25) is 5.78 Å². The Hall–Kier alpha value is -0.520. The maximum Gasteiger partial charge on any atom is 0.223 e. The van der Waals surface area contributed by atoms with Crippen LogP contribution in [0.3, 0.4) is 0 Å². The van der Waals surface area contributed by atoms with Gasteiger partial charge in [0.05, 0.1) is 10.4 Å². The van der Waals surface area contributed by atoms with Crippen LogP contribution in [0.15, 0.2) is 26.8 Å². The molecule has 0 fully saturated rings. The van der Waals surface area contributed by atoms with E-state index in [2.05, 4.69) is 20.9 Å². The van der Waals surface area contributed by atoms with Crippen molar-refractivity contribution in [2.75, 3.05) is 0 Å². The van der Waals surface area contributed by atoms with Crippen molar-refractivity contribution in [1.29, 1.82) is 0 Å². The molecule has 2 rings (SSSR count). The van der Waals surface area contributed by atoms with Crippen molar-refractivity contribution in [1.82, 2.24) is 4.98 Å². The molecule has 0 unspecified atom stereocenters. The van der Waals surface area contributed by atoms with Crippen LogP contribution in [0.25, 0.3) is 0 Å². The lowest BCUT2D eigenvalue weighted by Gasteiger charge is -1.92. The first kappa shape index (κ1) is 9.05. The first-order valence-corrected chi connectivity index (χ1v) is 6.06. The topological polar surface area (TPSA) is 30.0 Å². The van der Waals surface area contributed by atoms with Crippen LogP contribution >= 0.6 is 38.6 Å². The molecule has 0 amide bonds. The molecular formula is C8H4BrNOS2. The summed E-state index contributed by atoms with van der Waals surface area (Å²) < 4.78 is 0.843. The van der Waals surface area contributed by atoms with Gasteiger partial charge in [-0.25, -0.2) is 4.98 Å². The lowest BCUT2D eigenvalue weighted by Crippen LogP contribution is -1.98. The van der Waals surface area contributed by atoms with E-state index in [1.807, 2.05) is 11.4 Å². The van der Waals surface area contributed by atoms with Crippen LogP contribution in [0.4, 0.5) is 0 Å². The average molecular weight is 274 g/mol. The fourth-order valence-corrected chi connectivity index (χ4v) is 2.93. The summed E-state index contributed by atoms with van der Waals surface area (Å²) in [5, 5.41) is 3.64. The standard InChI is InChI=1S/C8H4BrNOS2/c9-5-1-2-13-8(5)7(11)6-3-12-4-10-6/h1-4H. The molecule has 0 saturated heterocycles. The Morgan fingerprint density at radius 2 is 2.38 bits per heavy atom. The van der Waals surface area contributed by atoms with Gasteiger partial charge in [0.1, 0.15) is 5.69 Å². The van der Waals surface area contributed by atoms with E-state index in [0.29, 0.717) is 10.6 Å². The van der Waals surface area contributed by atoms with Crippen molar-refractivity contribution in [2.24, 2.45) is 0 Å². The highest BCUT2D eigenvalue weighted by Crippen LogP contribution is 2.25. The number of thiazole rings is 1. The van der Waals surface area contributed by atoms with Gasteiger partial charge in [0.15, 0.2) is 0 Å². The van der Waals surface area contributed by atoms with E-state index >= 15 is 0 Å². The number of nitrogens with zero attached hydrogens (tertiary/aromatic N) is 1. The third-order valence-electron chi connectivity index (χ3n) is 1.49. The van der Waals surface area contributed by atoms with Gasteiger partial charge in [-0.1, -0.05) is 0 Å². The zero-order valence-corrected chi connectivity index (χ0v) is 9.58. The quantitative estimate of drug-likeness (QED) is 0.787. The molecule has 2 heterocycles. The van der Waals surface area contributed by atoms with E-state index in [1.54, 1.807) is 10.9 Å². The molecule has 13 heavy (non-hydrogen) atoms. The molecule has 0 aliphatic heterocycles. The number of carbonyl (C=O) groups is 1. The molecule has 0 aliphatic carbocycles. The lowest BCUT2D eigenvalue weighted by molar-refractivity contribution is 0.103. The molecule has 2 aromatic rings. The molecule has 0 radical (unpaired) electrons. The fraction of sp³-hybridized carbons (Fsp3) is 0. The maximum atomic E-state index is 11.7. The summed E-state index contributed by atoms with van der Waals surface area (Å²) in [7, 11) is 0. The fourth-order valence-electron chi connectivity index (χ4n) is 0.897. The summed E-state index contributed by atoms with van der Waals surface area (Å²) in [6.45, 7) is 0. The number of aromatic nitrogens is 1. The number of carbonyl (C=O) groups excluding carboxylic acids is 1. The van der Waals surface area contributed by atoms with Crippen LogP contribution in [-0.2, 0) is 0 Å². The molecule has 66 valence electrons.